The van der Waals surface area contributed by atoms with Gasteiger partial charge in [-0.3, -0.25) is 4.79 Å². The van der Waals surface area contributed by atoms with Crippen LogP contribution in [0.15, 0.2) is 60.7 Å². The van der Waals surface area contributed by atoms with E-state index in [1.54, 1.807) is 0 Å². The molecule has 0 spiro atoms. The summed E-state index contributed by atoms with van der Waals surface area (Å²) in [4.78, 5) is 15.1. The third-order valence-corrected chi connectivity index (χ3v) is 3.67. The highest BCUT2D eigenvalue weighted by atomic mass is 16.5. The maximum Gasteiger partial charge on any atom is 0.303 e. The number of carboxylic acid groups (broad SMARTS) is 1. The van der Waals surface area contributed by atoms with Gasteiger partial charge in [0.15, 0.2) is 11.5 Å². The van der Waals surface area contributed by atoms with Crippen LogP contribution in [0.2, 0.25) is 0 Å². The molecule has 1 heterocycles. The maximum atomic E-state index is 10.5. The van der Waals surface area contributed by atoms with Crippen molar-refractivity contribution in [3.05, 3.63) is 66.4 Å². The quantitative estimate of drug-likeness (QED) is 0.628. The fraction of sp³-hybridized carbons (Fsp3) is 0.200. The minimum absolute atomic E-state index is 0.0873. The molecule has 0 aliphatic heterocycles. The Morgan fingerprint density at radius 2 is 1.64 bits per heavy atom. The third kappa shape index (κ3) is 4.70. The number of hydrogen-bond donors (Lipinski definition) is 1. The molecule has 3 rings (SSSR count). The van der Waals surface area contributed by atoms with E-state index in [0.717, 1.165) is 16.6 Å². The van der Waals surface area contributed by atoms with Gasteiger partial charge in [0.05, 0.1) is 17.8 Å². The van der Waals surface area contributed by atoms with Crippen molar-refractivity contribution in [2.75, 3.05) is 6.61 Å². The number of hydrogen-bond acceptors (Lipinski definition) is 4. The summed E-state index contributed by atoms with van der Waals surface area (Å²) < 4.78 is 11.5. The van der Waals surface area contributed by atoms with Gasteiger partial charge < -0.3 is 14.6 Å². The van der Waals surface area contributed by atoms with Gasteiger partial charge in [-0.05, 0) is 30.7 Å². The smallest absolute Gasteiger partial charge is 0.303 e. The van der Waals surface area contributed by atoms with E-state index in [4.69, 9.17) is 14.6 Å². The summed E-state index contributed by atoms with van der Waals surface area (Å²) in [5.41, 5.74) is 1.76. The van der Waals surface area contributed by atoms with Crippen LogP contribution >= 0.6 is 0 Å². The van der Waals surface area contributed by atoms with E-state index in [1.807, 2.05) is 60.7 Å². The molecule has 1 aromatic heterocycles. The molecule has 0 fully saturated rings. The monoisotopic (exact) mass is 337 g/mol. The molecule has 25 heavy (non-hydrogen) atoms. The summed E-state index contributed by atoms with van der Waals surface area (Å²) in [6.45, 7) is 0.668. The molecule has 0 aliphatic carbocycles. The molecule has 0 unspecified atom stereocenters. The molecule has 5 heteroatoms. The summed E-state index contributed by atoms with van der Waals surface area (Å²) in [6.07, 6.45) is 0.542. The Labute approximate surface area is 145 Å². The Kier molecular flexibility index (Phi) is 5.46. The van der Waals surface area contributed by atoms with E-state index in [-0.39, 0.29) is 6.42 Å². The van der Waals surface area contributed by atoms with E-state index in [2.05, 4.69) is 4.98 Å². The Bertz CT molecular complexity index is 863. The third-order valence-electron chi connectivity index (χ3n) is 3.67. The number of pyridine rings is 1. The largest absolute Gasteiger partial charge is 0.490 e. The zero-order chi connectivity index (χ0) is 17.5. The lowest BCUT2D eigenvalue weighted by Gasteiger charge is -2.12. The second-order valence-electron chi connectivity index (χ2n) is 5.58. The average Bonchev–Trinajstić information content (AvgIpc) is 2.64. The Balaban J connectivity index is 1.62. The van der Waals surface area contributed by atoms with Gasteiger partial charge in [0.25, 0.3) is 0 Å². The molecule has 128 valence electrons. The van der Waals surface area contributed by atoms with Gasteiger partial charge in [0, 0.05) is 11.8 Å². The topological polar surface area (TPSA) is 68.7 Å². The Morgan fingerprint density at radius 3 is 2.44 bits per heavy atom. The van der Waals surface area contributed by atoms with Crippen molar-refractivity contribution in [1.29, 1.82) is 0 Å². The van der Waals surface area contributed by atoms with Crippen LogP contribution in [0.3, 0.4) is 0 Å². The first-order valence-electron chi connectivity index (χ1n) is 8.13. The second kappa shape index (κ2) is 8.15. The lowest BCUT2D eigenvalue weighted by atomic mass is 10.2. The minimum Gasteiger partial charge on any atom is -0.490 e. The lowest BCUT2D eigenvalue weighted by Crippen LogP contribution is -2.04. The van der Waals surface area contributed by atoms with Crippen LogP contribution in [0.5, 0.6) is 11.5 Å². The Morgan fingerprint density at radius 1 is 0.920 bits per heavy atom. The van der Waals surface area contributed by atoms with Crippen LogP contribution in [-0.2, 0) is 11.4 Å². The fourth-order valence-electron chi connectivity index (χ4n) is 2.43. The van der Waals surface area contributed by atoms with Crippen molar-refractivity contribution in [1.82, 2.24) is 4.98 Å². The van der Waals surface area contributed by atoms with Gasteiger partial charge in [-0.25, -0.2) is 4.98 Å². The molecular formula is C20H19NO4. The van der Waals surface area contributed by atoms with Crippen molar-refractivity contribution in [2.24, 2.45) is 0 Å². The molecule has 0 saturated heterocycles. The summed E-state index contributed by atoms with van der Waals surface area (Å²) in [7, 11) is 0. The molecule has 0 bridgehead atoms. The van der Waals surface area contributed by atoms with Crippen molar-refractivity contribution in [3.8, 4) is 11.5 Å². The van der Waals surface area contributed by atoms with Gasteiger partial charge in [-0.1, -0.05) is 36.4 Å². The van der Waals surface area contributed by atoms with E-state index >= 15 is 0 Å². The van der Waals surface area contributed by atoms with Crippen LogP contribution in [0.25, 0.3) is 10.9 Å². The molecule has 5 nitrogen and oxygen atoms in total. The van der Waals surface area contributed by atoms with E-state index in [1.165, 1.54) is 0 Å². The summed E-state index contributed by atoms with van der Waals surface area (Å²) in [6, 6.07) is 19.3. The van der Waals surface area contributed by atoms with Crippen LogP contribution in [-0.4, -0.2) is 22.7 Å². The van der Waals surface area contributed by atoms with Gasteiger partial charge in [0.1, 0.15) is 6.61 Å². The van der Waals surface area contributed by atoms with E-state index in [9.17, 15) is 4.79 Å². The second-order valence-corrected chi connectivity index (χ2v) is 5.58. The van der Waals surface area contributed by atoms with Gasteiger partial charge in [-0.2, -0.15) is 0 Å². The number of rotatable bonds is 8. The summed E-state index contributed by atoms with van der Waals surface area (Å²) in [5.74, 6) is 0.400. The first-order chi connectivity index (χ1) is 12.2. The van der Waals surface area contributed by atoms with Crippen LogP contribution < -0.4 is 9.47 Å². The van der Waals surface area contributed by atoms with E-state index < -0.39 is 5.97 Å². The van der Waals surface area contributed by atoms with Crippen molar-refractivity contribution >= 4 is 16.9 Å². The highest BCUT2D eigenvalue weighted by molar-refractivity contribution is 5.78. The highest BCUT2D eigenvalue weighted by Gasteiger charge is 2.06. The zero-order valence-corrected chi connectivity index (χ0v) is 13.7. The number of benzene rings is 2. The molecule has 1 N–H and O–H groups in total. The van der Waals surface area contributed by atoms with Crippen LogP contribution in [0.1, 0.15) is 18.5 Å². The average molecular weight is 337 g/mol. The molecule has 0 atom stereocenters. The first kappa shape index (κ1) is 16.8. The predicted molar refractivity (Wildman–Crippen MR) is 94.9 cm³/mol. The number of fused-ring (bicyclic) bond motifs is 1. The molecule has 2 aromatic carbocycles. The SMILES string of the molecule is O=C(O)CCCOc1ccccc1OCc1ccc2ccccc2n1. The molecule has 0 amide bonds. The van der Waals surface area contributed by atoms with Crippen LogP contribution in [0, 0.1) is 0 Å². The number of para-hydroxylation sites is 3. The summed E-state index contributed by atoms with van der Waals surface area (Å²) in [5, 5.41) is 9.75. The number of nitrogens with zero attached hydrogens (tertiary/aromatic N) is 1. The van der Waals surface area contributed by atoms with Gasteiger partial charge in [-0.15, -0.1) is 0 Å². The Hall–Kier alpha value is -3.08. The van der Waals surface area contributed by atoms with E-state index in [0.29, 0.717) is 31.1 Å². The van der Waals surface area contributed by atoms with Crippen molar-refractivity contribution in [3.63, 3.8) is 0 Å². The minimum atomic E-state index is -0.824. The molecule has 0 saturated carbocycles. The van der Waals surface area contributed by atoms with Gasteiger partial charge >= 0.3 is 5.97 Å². The lowest BCUT2D eigenvalue weighted by molar-refractivity contribution is -0.137. The fourth-order valence-corrected chi connectivity index (χ4v) is 2.43. The van der Waals surface area contributed by atoms with Crippen LogP contribution in [0.4, 0.5) is 0 Å². The predicted octanol–water partition coefficient (Wildman–Crippen LogP) is 4.06. The molecular weight excluding hydrogens is 318 g/mol. The normalized spacial score (nSPS) is 10.6. The maximum absolute atomic E-state index is 10.5. The van der Waals surface area contributed by atoms with Crippen molar-refractivity contribution < 1.29 is 19.4 Å². The molecule has 0 radical (unpaired) electrons. The number of aliphatic carboxylic acids is 1. The molecule has 3 aromatic rings. The zero-order valence-electron chi connectivity index (χ0n) is 13.7. The number of aromatic nitrogens is 1. The standard InChI is InChI=1S/C20H19NO4/c22-20(23)10-5-13-24-18-8-3-4-9-19(18)25-14-16-12-11-15-6-1-2-7-17(15)21-16/h1-4,6-9,11-12H,5,10,13-14H2,(H,22,23). The van der Waals surface area contributed by atoms with Gasteiger partial charge in [0.2, 0.25) is 0 Å². The van der Waals surface area contributed by atoms with Crippen molar-refractivity contribution in [2.45, 2.75) is 19.4 Å². The number of ether oxygens (including phenoxy) is 2. The number of carboxylic acids is 1. The first-order valence-corrected chi connectivity index (χ1v) is 8.13. The highest BCUT2D eigenvalue weighted by Crippen LogP contribution is 2.27. The summed E-state index contributed by atoms with van der Waals surface area (Å²) >= 11 is 0. The number of carbonyl (C=O) groups is 1. The molecule has 0 aliphatic rings.